The fraction of sp³-hybridized carbons (Fsp3) is 0.300. The van der Waals surface area contributed by atoms with Gasteiger partial charge in [-0.05, 0) is 6.07 Å². The van der Waals surface area contributed by atoms with Gasteiger partial charge in [-0.2, -0.15) is 0 Å². The van der Waals surface area contributed by atoms with Crippen molar-refractivity contribution < 1.29 is 4.74 Å². The first-order valence-corrected chi connectivity index (χ1v) is 4.21. The van der Waals surface area contributed by atoms with E-state index in [4.69, 9.17) is 4.74 Å². The minimum absolute atomic E-state index is 0.00583. The first-order valence-electron chi connectivity index (χ1n) is 4.21. The molecule has 0 amide bonds. The molecule has 1 heterocycles. The third-order valence-corrected chi connectivity index (χ3v) is 2.17. The van der Waals surface area contributed by atoms with Gasteiger partial charge in [-0.1, -0.05) is 18.2 Å². The van der Waals surface area contributed by atoms with Crippen molar-refractivity contribution in [3.63, 3.8) is 0 Å². The predicted octanol–water partition coefficient (Wildman–Crippen LogP) is 1.94. The number of aliphatic imine (C=N–C) groups is 1. The average molecular weight is 176 g/mol. The van der Waals surface area contributed by atoms with E-state index in [2.05, 4.69) is 4.99 Å². The van der Waals surface area contributed by atoms with Gasteiger partial charge < -0.3 is 9.64 Å². The standard InChI is InChI=1S/C10H12N2O/c1-12-7-11-9-6-4-3-5-8(9)10(12)13-2/h3-7,10H,1-2H3. The van der Waals surface area contributed by atoms with Crippen molar-refractivity contribution in [3.05, 3.63) is 29.8 Å². The fourth-order valence-electron chi connectivity index (χ4n) is 1.54. The zero-order valence-corrected chi connectivity index (χ0v) is 7.77. The molecule has 0 bridgehead atoms. The Hall–Kier alpha value is -1.35. The number of hydrogen-bond acceptors (Lipinski definition) is 3. The summed E-state index contributed by atoms with van der Waals surface area (Å²) in [5.74, 6) is 0. The van der Waals surface area contributed by atoms with Gasteiger partial charge in [0.2, 0.25) is 0 Å². The largest absolute Gasteiger partial charge is 0.357 e. The van der Waals surface area contributed by atoms with E-state index in [0.29, 0.717) is 0 Å². The predicted molar refractivity (Wildman–Crippen MR) is 52.1 cm³/mol. The van der Waals surface area contributed by atoms with Gasteiger partial charge in [-0.15, -0.1) is 0 Å². The Morgan fingerprint density at radius 3 is 2.92 bits per heavy atom. The molecular weight excluding hydrogens is 164 g/mol. The molecule has 68 valence electrons. The first-order chi connectivity index (χ1) is 6.33. The summed E-state index contributed by atoms with van der Waals surface area (Å²) in [6, 6.07) is 8.01. The molecule has 3 nitrogen and oxygen atoms in total. The van der Waals surface area contributed by atoms with Gasteiger partial charge in [0.05, 0.1) is 12.0 Å². The Morgan fingerprint density at radius 2 is 2.15 bits per heavy atom. The topological polar surface area (TPSA) is 24.8 Å². The monoisotopic (exact) mass is 176 g/mol. The Balaban J connectivity index is 2.47. The first kappa shape index (κ1) is 8.26. The van der Waals surface area contributed by atoms with Gasteiger partial charge >= 0.3 is 0 Å². The van der Waals surface area contributed by atoms with Crippen LogP contribution in [0.1, 0.15) is 11.8 Å². The molecule has 0 spiro atoms. The van der Waals surface area contributed by atoms with Crippen LogP contribution in [0.2, 0.25) is 0 Å². The lowest BCUT2D eigenvalue weighted by Crippen LogP contribution is -2.26. The highest BCUT2D eigenvalue weighted by atomic mass is 16.5. The smallest absolute Gasteiger partial charge is 0.158 e. The molecule has 1 aliphatic heterocycles. The van der Waals surface area contributed by atoms with E-state index >= 15 is 0 Å². The van der Waals surface area contributed by atoms with Crippen LogP contribution in [0.15, 0.2) is 29.3 Å². The molecule has 13 heavy (non-hydrogen) atoms. The van der Waals surface area contributed by atoms with Crippen molar-refractivity contribution in [1.82, 2.24) is 4.90 Å². The number of ether oxygens (including phenoxy) is 1. The Morgan fingerprint density at radius 1 is 1.38 bits per heavy atom. The number of fused-ring (bicyclic) bond motifs is 1. The average Bonchev–Trinajstić information content (AvgIpc) is 2.18. The number of nitrogens with zero attached hydrogens (tertiary/aromatic N) is 2. The number of benzene rings is 1. The number of methoxy groups -OCH3 is 1. The van der Waals surface area contributed by atoms with E-state index in [0.717, 1.165) is 11.3 Å². The van der Waals surface area contributed by atoms with Gasteiger partial charge in [0.1, 0.15) is 0 Å². The van der Waals surface area contributed by atoms with Crippen molar-refractivity contribution in [2.75, 3.05) is 14.2 Å². The summed E-state index contributed by atoms with van der Waals surface area (Å²) in [4.78, 5) is 6.24. The SMILES string of the molecule is COC1c2ccccc2N=CN1C. The van der Waals surface area contributed by atoms with E-state index in [1.165, 1.54) is 0 Å². The molecule has 0 fully saturated rings. The second-order valence-corrected chi connectivity index (χ2v) is 3.06. The van der Waals surface area contributed by atoms with Crippen molar-refractivity contribution in [3.8, 4) is 0 Å². The van der Waals surface area contributed by atoms with Crippen LogP contribution in [-0.2, 0) is 4.74 Å². The molecule has 0 aliphatic carbocycles. The summed E-state index contributed by atoms with van der Waals surface area (Å²) in [6.07, 6.45) is 1.78. The van der Waals surface area contributed by atoms with Crippen LogP contribution in [0.4, 0.5) is 5.69 Å². The van der Waals surface area contributed by atoms with Crippen molar-refractivity contribution >= 4 is 12.0 Å². The van der Waals surface area contributed by atoms with Crippen molar-refractivity contribution in [2.24, 2.45) is 4.99 Å². The lowest BCUT2D eigenvalue weighted by atomic mass is 10.1. The van der Waals surface area contributed by atoms with E-state index in [1.807, 2.05) is 36.2 Å². The van der Waals surface area contributed by atoms with Crippen molar-refractivity contribution in [2.45, 2.75) is 6.23 Å². The highest BCUT2D eigenvalue weighted by molar-refractivity contribution is 5.67. The van der Waals surface area contributed by atoms with Crippen LogP contribution in [0, 0.1) is 0 Å². The Kier molecular flexibility index (Phi) is 2.02. The summed E-state index contributed by atoms with van der Waals surface area (Å²) in [6.45, 7) is 0. The van der Waals surface area contributed by atoms with E-state index < -0.39 is 0 Å². The maximum Gasteiger partial charge on any atom is 0.158 e. The molecule has 0 N–H and O–H groups in total. The molecule has 1 atom stereocenters. The zero-order chi connectivity index (χ0) is 9.26. The molecular formula is C10H12N2O. The highest BCUT2D eigenvalue weighted by Gasteiger charge is 2.20. The van der Waals surface area contributed by atoms with Crippen LogP contribution >= 0.6 is 0 Å². The van der Waals surface area contributed by atoms with E-state index in [9.17, 15) is 0 Å². The third kappa shape index (κ3) is 1.31. The maximum absolute atomic E-state index is 5.36. The lowest BCUT2D eigenvalue weighted by Gasteiger charge is -2.29. The molecule has 1 unspecified atom stereocenters. The van der Waals surface area contributed by atoms with Gasteiger partial charge in [0, 0.05) is 19.7 Å². The second kappa shape index (κ2) is 3.18. The molecule has 1 aliphatic rings. The second-order valence-electron chi connectivity index (χ2n) is 3.06. The molecule has 2 rings (SSSR count). The van der Waals surface area contributed by atoms with E-state index in [-0.39, 0.29) is 6.23 Å². The van der Waals surface area contributed by atoms with Gasteiger partial charge in [-0.25, -0.2) is 4.99 Å². The summed E-state index contributed by atoms with van der Waals surface area (Å²) >= 11 is 0. The molecule has 0 aromatic heterocycles. The molecule has 0 saturated heterocycles. The Bertz CT molecular complexity index is 335. The highest BCUT2D eigenvalue weighted by Crippen LogP contribution is 2.31. The summed E-state index contributed by atoms with van der Waals surface area (Å²) in [5.41, 5.74) is 2.11. The van der Waals surface area contributed by atoms with Crippen LogP contribution < -0.4 is 0 Å². The van der Waals surface area contributed by atoms with Crippen LogP contribution in [0.25, 0.3) is 0 Å². The summed E-state index contributed by atoms with van der Waals surface area (Å²) < 4.78 is 5.36. The van der Waals surface area contributed by atoms with Crippen LogP contribution in [-0.4, -0.2) is 25.4 Å². The number of rotatable bonds is 1. The summed E-state index contributed by atoms with van der Waals surface area (Å²) in [5, 5.41) is 0. The van der Waals surface area contributed by atoms with E-state index in [1.54, 1.807) is 13.4 Å². The normalized spacial score (nSPS) is 20.2. The summed E-state index contributed by atoms with van der Waals surface area (Å²) in [7, 11) is 3.66. The molecule has 1 aromatic carbocycles. The zero-order valence-electron chi connectivity index (χ0n) is 7.77. The third-order valence-electron chi connectivity index (χ3n) is 2.17. The van der Waals surface area contributed by atoms with Gasteiger partial charge in [-0.3, -0.25) is 0 Å². The minimum Gasteiger partial charge on any atom is -0.357 e. The van der Waals surface area contributed by atoms with Crippen molar-refractivity contribution in [1.29, 1.82) is 0 Å². The molecule has 0 saturated carbocycles. The van der Waals surface area contributed by atoms with Crippen LogP contribution in [0.3, 0.4) is 0 Å². The maximum atomic E-state index is 5.36. The molecule has 1 aromatic rings. The molecule has 3 heteroatoms. The number of hydrogen-bond donors (Lipinski definition) is 0. The number of para-hydroxylation sites is 1. The molecule has 0 radical (unpaired) electrons. The quantitative estimate of drug-likeness (QED) is 0.653. The van der Waals surface area contributed by atoms with Gasteiger partial charge in [0.15, 0.2) is 6.23 Å². The lowest BCUT2D eigenvalue weighted by molar-refractivity contribution is 0.0195. The minimum atomic E-state index is -0.00583. The Labute approximate surface area is 77.7 Å². The van der Waals surface area contributed by atoms with Crippen LogP contribution in [0.5, 0.6) is 0 Å². The fourth-order valence-corrected chi connectivity index (χ4v) is 1.54. The van der Waals surface area contributed by atoms with Gasteiger partial charge in [0.25, 0.3) is 0 Å².